The highest BCUT2D eigenvalue weighted by Crippen LogP contribution is 2.11. The van der Waals surface area contributed by atoms with Crippen molar-refractivity contribution in [2.75, 3.05) is 26.3 Å². The predicted octanol–water partition coefficient (Wildman–Crippen LogP) is 1.63. The molecule has 0 saturated carbocycles. The number of hydrogen-bond acceptors (Lipinski definition) is 4. The Hall–Kier alpha value is -2.24. The molecule has 2 amide bonds. The highest BCUT2D eigenvalue weighted by molar-refractivity contribution is 5.80. The van der Waals surface area contributed by atoms with E-state index in [4.69, 9.17) is 9.47 Å². The Morgan fingerprint density at radius 2 is 1.86 bits per heavy atom. The zero-order valence-corrected chi connectivity index (χ0v) is 12.5. The fourth-order valence-corrected chi connectivity index (χ4v) is 1.53. The maximum Gasteiger partial charge on any atom is 0.325 e. The van der Waals surface area contributed by atoms with Crippen LogP contribution in [0, 0.1) is 6.92 Å². The molecule has 0 heterocycles. The first kappa shape index (κ1) is 16.8. The van der Waals surface area contributed by atoms with E-state index in [2.05, 4.69) is 10.6 Å². The molecule has 0 aromatic heterocycles. The average Bonchev–Trinajstić information content (AvgIpc) is 2.47. The standard InChI is InChI=1S/C15H22N2O4/c1-3-20-14(18)11-17-15(19)16-9-4-10-21-13-7-5-12(2)6-8-13/h5-8H,3-4,9-11H2,1-2H3,(H2,16,17,19). The Bertz CT molecular complexity index is 445. The molecule has 0 unspecified atom stereocenters. The topological polar surface area (TPSA) is 76.7 Å². The van der Waals surface area contributed by atoms with Gasteiger partial charge in [0.2, 0.25) is 0 Å². The first-order chi connectivity index (χ1) is 10.1. The number of aryl methyl sites for hydroxylation is 1. The maximum absolute atomic E-state index is 11.4. The summed E-state index contributed by atoms with van der Waals surface area (Å²) in [5.41, 5.74) is 1.18. The van der Waals surface area contributed by atoms with Crippen LogP contribution in [-0.2, 0) is 9.53 Å². The van der Waals surface area contributed by atoms with Crippen molar-refractivity contribution >= 4 is 12.0 Å². The number of urea groups is 1. The van der Waals surface area contributed by atoms with Crippen LogP contribution in [0.4, 0.5) is 4.79 Å². The van der Waals surface area contributed by atoms with E-state index in [9.17, 15) is 9.59 Å². The maximum atomic E-state index is 11.4. The van der Waals surface area contributed by atoms with E-state index in [0.717, 1.165) is 5.75 Å². The summed E-state index contributed by atoms with van der Waals surface area (Å²) in [4.78, 5) is 22.4. The Morgan fingerprint density at radius 1 is 1.14 bits per heavy atom. The van der Waals surface area contributed by atoms with Gasteiger partial charge in [-0.15, -0.1) is 0 Å². The molecule has 0 aliphatic carbocycles. The van der Waals surface area contributed by atoms with Crippen LogP contribution < -0.4 is 15.4 Å². The van der Waals surface area contributed by atoms with Crippen molar-refractivity contribution in [1.29, 1.82) is 0 Å². The molecule has 0 bridgehead atoms. The van der Waals surface area contributed by atoms with Crippen molar-refractivity contribution in [2.24, 2.45) is 0 Å². The minimum atomic E-state index is -0.449. The van der Waals surface area contributed by atoms with E-state index >= 15 is 0 Å². The Balaban J connectivity index is 2.04. The second-order valence-electron chi connectivity index (χ2n) is 4.43. The molecular weight excluding hydrogens is 272 g/mol. The lowest BCUT2D eigenvalue weighted by Crippen LogP contribution is -2.39. The number of esters is 1. The number of rotatable bonds is 8. The van der Waals surface area contributed by atoms with Gasteiger partial charge in [-0.2, -0.15) is 0 Å². The fourth-order valence-electron chi connectivity index (χ4n) is 1.53. The van der Waals surface area contributed by atoms with Crippen LogP contribution in [-0.4, -0.2) is 38.3 Å². The quantitative estimate of drug-likeness (QED) is 0.564. The molecule has 1 aromatic carbocycles. The lowest BCUT2D eigenvalue weighted by molar-refractivity contribution is -0.141. The van der Waals surface area contributed by atoms with Crippen molar-refractivity contribution in [3.63, 3.8) is 0 Å². The SMILES string of the molecule is CCOC(=O)CNC(=O)NCCCOc1ccc(C)cc1. The highest BCUT2D eigenvalue weighted by atomic mass is 16.5. The first-order valence-electron chi connectivity index (χ1n) is 6.98. The zero-order chi connectivity index (χ0) is 15.5. The summed E-state index contributed by atoms with van der Waals surface area (Å²) in [6.45, 7) is 4.90. The van der Waals surface area contributed by atoms with Gasteiger partial charge in [-0.25, -0.2) is 4.79 Å². The van der Waals surface area contributed by atoms with Gasteiger partial charge in [-0.05, 0) is 32.4 Å². The minimum Gasteiger partial charge on any atom is -0.494 e. The van der Waals surface area contributed by atoms with Gasteiger partial charge < -0.3 is 20.1 Å². The number of amides is 2. The van der Waals surface area contributed by atoms with Crippen LogP contribution in [0.15, 0.2) is 24.3 Å². The Morgan fingerprint density at radius 3 is 2.52 bits per heavy atom. The lowest BCUT2D eigenvalue weighted by atomic mass is 10.2. The monoisotopic (exact) mass is 294 g/mol. The first-order valence-corrected chi connectivity index (χ1v) is 6.98. The van der Waals surface area contributed by atoms with Crippen molar-refractivity contribution in [1.82, 2.24) is 10.6 Å². The summed E-state index contributed by atoms with van der Waals surface area (Å²) in [6, 6.07) is 7.40. The summed E-state index contributed by atoms with van der Waals surface area (Å²) >= 11 is 0. The summed E-state index contributed by atoms with van der Waals surface area (Å²) in [5.74, 6) is 0.364. The Labute approximate surface area is 124 Å². The van der Waals surface area contributed by atoms with Crippen molar-refractivity contribution in [3.05, 3.63) is 29.8 Å². The fraction of sp³-hybridized carbons (Fsp3) is 0.467. The predicted molar refractivity (Wildman–Crippen MR) is 79.3 cm³/mol. The third kappa shape index (κ3) is 7.81. The van der Waals surface area contributed by atoms with Gasteiger partial charge >= 0.3 is 12.0 Å². The van der Waals surface area contributed by atoms with Crippen LogP contribution in [0.5, 0.6) is 5.75 Å². The summed E-state index contributed by atoms with van der Waals surface area (Å²) in [5, 5.41) is 5.05. The molecule has 2 N–H and O–H groups in total. The van der Waals surface area contributed by atoms with Gasteiger partial charge in [-0.3, -0.25) is 4.79 Å². The number of carbonyl (C=O) groups is 2. The van der Waals surface area contributed by atoms with E-state index in [1.165, 1.54) is 5.56 Å². The van der Waals surface area contributed by atoms with Crippen molar-refractivity contribution in [3.8, 4) is 5.75 Å². The number of benzene rings is 1. The molecule has 0 spiro atoms. The van der Waals surface area contributed by atoms with Crippen LogP contribution in [0.3, 0.4) is 0 Å². The number of carbonyl (C=O) groups excluding carboxylic acids is 2. The molecule has 0 atom stereocenters. The van der Waals surface area contributed by atoms with Crippen LogP contribution in [0.25, 0.3) is 0 Å². The second-order valence-corrected chi connectivity index (χ2v) is 4.43. The van der Waals surface area contributed by atoms with Crippen LogP contribution >= 0.6 is 0 Å². The van der Waals surface area contributed by atoms with Crippen LogP contribution in [0.2, 0.25) is 0 Å². The average molecular weight is 294 g/mol. The summed E-state index contributed by atoms with van der Waals surface area (Å²) < 4.78 is 10.2. The smallest absolute Gasteiger partial charge is 0.325 e. The molecule has 1 rings (SSSR count). The van der Waals surface area contributed by atoms with Gasteiger partial charge in [-0.1, -0.05) is 17.7 Å². The second kappa shape index (κ2) is 9.63. The van der Waals surface area contributed by atoms with Crippen molar-refractivity contribution in [2.45, 2.75) is 20.3 Å². The highest BCUT2D eigenvalue weighted by Gasteiger charge is 2.04. The van der Waals surface area contributed by atoms with Crippen molar-refractivity contribution < 1.29 is 19.1 Å². The van der Waals surface area contributed by atoms with E-state index < -0.39 is 12.0 Å². The van der Waals surface area contributed by atoms with Gasteiger partial charge in [0.15, 0.2) is 0 Å². The molecule has 0 saturated heterocycles. The Kier molecular flexibility index (Phi) is 7.71. The van der Waals surface area contributed by atoms with Gasteiger partial charge in [0.05, 0.1) is 13.2 Å². The third-order valence-corrected chi connectivity index (χ3v) is 2.59. The van der Waals surface area contributed by atoms with Gasteiger partial charge in [0.25, 0.3) is 0 Å². The van der Waals surface area contributed by atoms with E-state index in [1.807, 2.05) is 31.2 Å². The van der Waals surface area contributed by atoms with Gasteiger partial charge in [0.1, 0.15) is 12.3 Å². The summed E-state index contributed by atoms with van der Waals surface area (Å²) in [7, 11) is 0. The minimum absolute atomic E-state index is 0.125. The van der Waals surface area contributed by atoms with E-state index in [0.29, 0.717) is 26.2 Å². The van der Waals surface area contributed by atoms with Crippen LogP contribution in [0.1, 0.15) is 18.9 Å². The largest absolute Gasteiger partial charge is 0.494 e. The molecule has 6 heteroatoms. The third-order valence-electron chi connectivity index (χ3n) is 2.59. The zero-order valence-electron chi connectivity index (χ0n) is 12.5. The molecule has 1 aromatic rings. The molecule has 0 aliphatic heterocycles. The molecule has 6 nitrogen and oxygen atoms in total. The molecule has 21 heavy (non-hydrogen) atoms. The lowest BCUT2D eigenvalue weighted by Gasteiger charge is -2.08. The molecule has 0 aliphatic rings. The molecular formula is C15H22N2O4. The van der Waals surface area contributed by atoms with E-state index in [-0.39, 0.29) is 6.54 Å². The number of hydrogen-bond donors (Lipinski definition) is 2. The number of ether oxygens (including phenoxy) is 2. The van der Waals surface area contributed by atoms with Gasteiger partial charge in [0, 0.05) is 6.54 Å². The van der Waals surface area contributed by atoms with E-state index in [1.54, 1.807) is 6.92 Å². The molecule has 116 valence electrons. The molecule has 0 fully saturated rings. The summed E-state index contributed by atoms with van der Waals surface area (Å²) in [6.07, 6.45) is 0.681. The molecule has 0 radical (unpaired) electrons. The normalized spacial score (nSPS) is 9.81. The number of nitrogens with one attached hydrogen (secondary N) is 2.